The molecule has 0 saturated carbocycles. The van der Waals surface area contributed by atoms with Crippen molar-refractivity contribution in [3.63, 3.8) is 0 Å². The summed E-state index contributed by atoms with van der Waals surface area (Å²) in [5.41, 5.74) is 1.49. The van der Waals surface area contributed by atoms with Crippen molar-refractivity contribution in [2.24, 2.45) is 0 Å². The molecule has 2 aromatic carbocycles. The Morgan fingerprint density at radius 1 is 0.972 bits per heavy atom. The van der Waals surface area contributed by atoms with Crippen molar-refractivity contribution >= 4 is 34.9 Å². The Balaban J connectivity index is 1.53. The Morgan fingerprint density at radius 3 is 2.36 bits per heavy atom. The molecule has 0 spiro atoms. The van der Waals surface area contributed by atoms with Crippen molar-refractivity contribution in [3.8, 4) is 11.5 Å². The predicted octanol–water partition coefficient (Wildman–Crippen LogP) is 5.18. The number of pyridine rings is 1. The minimum atomic E-state index is -4.65. The maximum absolute atomic E-state index is 13.0. The van der Waals surface area contributed by atoms with Gasteiger partial charge in [0.25, 0.3) is 0 Å². The number of carbonyl (C=O) groups excluding carboxylic acids is 2. The third-order valence-electron chi connectivity index (χ3n) is 4.63. The first kappa shape index (κ1) is 26.7. The molecule has 190 valence electrons. The molecular formula is C23H21ClF3N5O4. The molecule has 3 rings (SSSR count). The lowest BCUT2D eigenvalue weighted by Crippen LogP contribution is -2.25. The third kappa shape index (κ3) is 8.12. The van der Waals surface area contributed by atoms with Crippen LogP contribution in [-0.4, -0.2) is 28.7 Å². The van der Waals surface area contributed by atoms with Gasteiger partial charge in [0, 0.05) is 43.1 Å². The molecule has 1 aromatic heterocycles. The van der Waals surface area contributed by atoms with Crippen molar-refractivity contribution in [1.29, 1.82) is 0 Å². The van der Waals surface area contributed by atoms with Gasteiger partial charge in [0.15, 0.2) is 0 Å². The van der Waals surface area contributed by atoms with Gasteiger partial charge >= 0.3 is 12.2 Å². The SMILES string of the molecule is O=C(CCNCc1cc(Oc2ccc(NC(=O)Nc3ccc(Cl)c(C(F)(F)F)c3)cc2)ccn1)NO. The highest BCUT2D eigenvalue weighted by atomic mass is 35.5. The molecule has 9 nitrogen and oxygen atoms in total. The second-order valence-electron chi connectivity index (χ2n) is 7.34. The summed E-state index contributed by atoms with van der Waals surface area (Å²) in [4.78, 5) is 27.4. The number of hydroxylamine groups is 1. The Kier molecular flexibility index (Phi) is 9.06. The van der Waals surface area contributed by atoms with Crippen LogP contribution < -0.4 is 26.2 Å². The molecule has 0 aliphatic heterocycles. The lowest BCUT2D eigenvalue weighted by molar-refractivity contribution is -0.137. The van der Waals surface area contributed by atoms with Crippen molar-refractivity contribution in [2.75, 3.05) is 17.2 Å². The molecule has 3 amide bonds. The number of ether oxygens (including phenoxy) is 1. The number of anilines is 2. The lowest BCUT2D eigenvalue weighted by atomic mass is 10.2. The molecule has 0 fully saturated rings. The Hall–Kier alpha value is -3.87. The molecule has 36 heavy (non-hydrogen) atoms. The van der Waals surface area contributed by atoms with Gasteiger partial charge in [-0.15, -0.1) is 0 Å². The number of hydrogen-bond donors (Lipinski definition) is 5. The number of benzene rings is 2. The molecule has 0 radical (unpaired) electrons. The quantitative estimate of drug-likeness (QED) is 0.150. The van der Waals surface area contributed by atoms with E-state index in [0.29, 0.717) is 36.0 Å². The topological polar surface area (TPSA) is 125 Å². The number of nitrogens with one attached hydrogen (secondary N) is 4. The number of alkyl halides is 3. The number of rotatable bonds is 9. The molecule has 0 saturated heterocycles. The number of carbonyl (C=O) groups is 2. The van der Waals surface area contributed by atoms with Crippen molar-refractivity contribution in [2.45, 2.75) is 19.1 Å². The number of aromatic nitrogens is 1. The van der Waals surface area contributed by atoms with Crippen LogP contribution in [-0.2, 0) is 17.5 Å². The first-order chi connectivity index (χ1) is 17.1. The molecule has 0 unspecified atom stereocenters. The molecule has 5 N–H and O–H groups in total. The minimum Gasteiger partial charge on any atom is -0.457 e. The molecule has 1 heterocycles. The van der Waals surface area contributed by atoms with Crippen LogP contribution in [0.25, 0.3) is 0 Å². The first-order valence-corrected chi connectivity index (χ1v) is 10.8. The van der Waals surface area contributed by atoms with E-state index in [2.05, 4.69) is 20.9 Å². The number of urea groups is 1. The summed E-state index contributed by atoms with van der Waals surface area (Å²) in [6, 6.07) is 12.0. The fraction of sp³-hybridized carbons (Fsp3) is 0.174. The Morgan fingerprint density at radius 2 is 1.67 bits per heavy atom. The van der Waals surface area contributed by atoms with E-state index in [-0.39, 0.29) is 12.1 Å². The predicted molar refractivity (Wildman–Crippen MR) is 126 cm³/mol. The maximum atomic E-state index is 13.0. The van der Waals surface area contributed by atoms with E-state index in [0.717, 1.165) is 12.1 Å². The number of nitrogens with zero attached hydrogens (tertiary/aromatic N) is 1. The molecule has 0 aliphatic carbocycles. The molecule has 3 aromatic rings. The summed E-state index contributed by atoms with van der Waals surface area (Å²) >= 11 is 5.58. The Labute approximate surface area is 208 Å². The van der Waals surface area contributed by atoms with Crippen molar-refractivity contribution in [1.82, 2.24) is 15.8 Å². The van der Waals surface area contributed by atoms with Gasteiger partial charge < -0.3 is 20.7 Å². The fourth-order valence-electron chi connectivity index (χ4n) is 2.95. The highest BCUT2D eigenvalue weighted by Crippen LogP contribution is 2.36. The van der Waals surface area contributed by atoms with Gasteiger partial charge in [-0.1, -0.05) is 11.6 Å². The van der Waals surface area contributed by atoms with Gasteiger partial charge in [-0.3, -0.25) is 15.0 Å². The van der Waals surface area contributed by atoms with Crippen LogP contribution >= 0.6 is 11.6 Å². The molecule has 0 atom stereocenters. The fourth-order valence-corrected chi connectivity index (χ4v) is 3.17. The minimum absolute atomic E-state index is 0.0659. The highest BCUT2D eigenvalue weighted by molar-refractivity contribution is 6.31. The van der Waals surface area contributed by atoms with Crippen LogP contribution in [0.1, 0.15) is 17.7 Å². The molecule has 0 bridgehead atoms. The zero-order valence-electron chi connectivity index (χ0n) is 18.5. The van der Waals surface area contributed by atoms with E-state index in [4.69, 9.17) is 21.5 Å². The average Bonchev–Trinajstić information content (AvgIpc) is 2.83. The number of amides is 3. The van der Waals surface area contributed by atoms with Gasteiger partial charge in [0.05, 0.1) is 16.3 Å². The van der Waals surface area contributed by atoms with E-state index in [1.54, 1.807) is 48.1 Å². The van der Waals surface area contributed by atoms with E-state index in [9.17, 15) is 22.8 Å². The van der Waals surface area contributed by atoms with Crippen LogP contribution in [0.4, 0.5) is 29.3 Å². The summed E-state index contributed by atoms with van der Waals surface area (Å²) in [5.74, 6) is 0.485. The summed E-state index contributed by atoms with van der Waals surface area (Å²) in [5, 5.41) is 15.9. The first-order valence-electron chi connectivity index (χ1n) is 10.5. The van der Waals surface area contributed by atoms with E-state index < -0.39 is 28.7 Å². The standard InChI is InChI=1S/C23H21ClF3N5O4/c24-20-6-3-15(12-19(20)23(25,26)27)31-22(34)30-14-1-4-17(5-2-14)36-18-7-10-29-16(11-18)13-28-9-8-21(33)32-35/h1-7,10-12,28,35H,8-9,13H2,(H,32,33)(H2,30,31,34). The molecule has 13 heteroatoms. The van der Waals surface area contributed by atoms with E-state index in [1.165, 1.54) is 6.07 Å². The van der Waals surface area contributed by atoms with Gasteiger partial charge in [-0.2, -0.15) is 13.2 Å². The Bertz CT molecular complexity index is 1210. The lowest BCUT2D eigenvalue weighted by Gasteiger charge is -2.12. The molecule has 0 aliphatic rings. The van der Waals surface area contributed by atoms with Gasteiger partial charge in [0.1, 0.15) is 11.5 Å². The summed E-state index contributed by atoms with van der Waals surface area (Å²) < 4.78 is 44.7. The number of halogens is 4. The normalized spacial score (nSPS) is 11.0. The van der Waals surface area contributed by atoms with E-state index in [1.807, 2.05) is 0 Å². The van der Waals surface area contributed by atoms with Crippen molar-refractivity contribution in [3.05, 3.63) is 77.1 Å². The summed E-state index contributed by atoms with van der Waals surface area (Å²) in [6.07, 6.45) is -2.97. The van der Waals surface area contributed by atoms with Crippen LogP contribution in [0.15, 0.2) is 60.8 Å². The summed E-state index contributed by atoms with van der Waals surface area (Å²) in [7, 11) is 0. The zero-order chi connectivity index (χ0) is 26.1. The van der Waals surface area contributed by atoms with Gasteiger partial charge in [0.2, 0.25) is 5.91 Å². The highest BCUT2D eigenvalue weighted by Gasteiger charge is 2.33. The van der Waals surface area contributed by atoms with E-state index >= 15 is 0 Å². The van der Waals surface area contributed by atoms with Crippen molar-refractivity contribution < 1.29 is 32.7 Å². The third-order valence-corrected chi connectivity index (χ3v) is 4.95. The maximum Gasteiger partial charge on any atom is 0.417 e. The van der Waals surface area contributed by atoms with Gasteiger partial charge in [-0.25, -0.2) is 10.3 Å². The number of hydrogen-bond acceptors (Lipinski definition) is 6. The summed E-state index contributed by atoms with van der Waals surface area (Å²) in [6.45, 7) is 0.731. The monoisotopic (exact) mass is 523 g/mol. The van der Waals surface area contributed by atoms with Crippen LogP contribution in [0.5, 0.6) is 11.5 Å². The average molecular weight is 524 g/mol. The second kappa shape index (κ2) is 12.2. The molecular weight excluding hydrogens is 503 g/mol. The second-order valence-corrected chi connectivity index (χ2v) is 7.75. The van der Waals surface area contributed by atoms with Crippen LogP contribution in [0.3, 0.4) is 0 Å². The largest absolute Gasteiger partial charge is 0.457 e. The zero-order valence-corrected chi connectivity index (χ0v) is 19.3. The van der Waals surface area contributed by atoms with Gasteiger partial charge in [-0.05, 0) is 48.5 Å². The van der Waals surface area contributed by atoms with Crippen LogP contribution in [0.2, 0.25) is 5.02 Å². The van der Waals surface area contributed by atoms with Crippen LogP contribution in [0, 0.1) is 0 Å². The smallest absolute Gasteiger partial charge is 0.417 e.